The predicted octanol–water partition coefficient (Wildman–Crippen LogP) is 2.79. The number of benzene rings is 1. The highest BCUT2D eigenvalue weighted by atomic mass is 16.2. The molecule has 0 saturated carbocycles. The Balaban J connectivity index is 1.51. The van der Waals surface area contributed by atoms with Crippen molar-refractivity contribution in [2.75, 3.05) is 5.32 Å². The number of nitrogens with one attached hydrogen (secondary N) is 2. The summed E-state index contributed by atoms with van der Waals surface area (Å²) >= 11 is 0. The Bertz CT molecular complexity index is 979. The van der Waals surface area contributed by atoms with Gasteiger partial charge in [0, 0.05) is 25.1 Å². The third-order valence-electron chi connectivity index (χ3n) is 5.35. The number of rotatable bonds is 6. The van der Waals surface area contributed by atoms with Crippen LogP contribution >= 0.6 is 0 Å². The molecule has 1 amide bonds. The minimum Gasteiger partial charge on any atom is -0.350 e. The Hall–Kier alpha value is -3.35. The molecule has 0 spiro atoms. The van der Waals surface area contributed by atoms with E-state index in [4.69, 9.17) is 4.98 Å². The molecule has 1 aromatic carbocycles. The van der Waals surface area contributed by atoms with Crippen LogP contribution in [0.4, 0.5) is 5.95 Å². The minimum atomic E-state index is -0.693. The van der Waals surface area contributed by atoms with Crippen LogP contribution in [0, 0.1) is 0 Å². The average molecular weight is 388 g/mol. The molecule has 3 aromatic rings. The molecule has 0 bridgehead atoms. The van der Waals surface area contributed by atoms with E-state index in [9.17, 15) is 4.79 Å². The normalized spacial score (nSPS) is 18.0. The van der Waals surface area contributed by atoms with E-state index in [-0.39, 0.29) is 5.91 Å². The molecule has 0 fully saturated rings. The maximum absolute atomic E-state index is 13.1. The predicted molar refractivity (Wildman–Crippen MR) is 110 cm³/mol. The minimum absolute atomic E-state index is 0.0446. The fraction of sp³-hybridized carbons (Fsp3) is 0.318. The number of aryl methyl sites for hydroxylation is 1. The van der Waals surface area contributed by atoms with Gasteiger partial charge in [0.05, 0.1) is 29.5 Å². The van der Waals surface area contributed by atoms with Gasteiger partial charge in [-0.3, -0.25) is 14.8 Å². The van der Waals surface area contributed by atoms with E-state index >= 15 is 0 Å². The molecular weight excluding hydrogens is 364 g/mol. The van der Waals surface area contributed by atoms with Crippen molar-refractivity contribution in [3.63, 3.8) is 0 Å². The largest absolute Gasteiger partial charge is 0.350 e. The van der Waals surface area contributed by atoms with Crippen LogP contribution in [0.2, 0.25) is 0 Å². The molecule has 1 unspecified atom stereocenters. The van der Waals surface area contributed by atoms with Crippen LogP contribution in [0.25, 0.3) is 0 Å². The van der Waals surface area contributed by atoms with Crippen LogP contribution < -0.4 is 10.6 Å². The molecule has 29 heavy (non-hydrogen) atoms. The van der Waals surface area contributed by atoms with Gasteiger partial charge in [0.1, 0.15) is 0 Å². The van der Waals surface area contributed by atoms with Crippen LogP contribution in [-0.2, 0) is 29.7 Å². The van der Waals surface area contributed by atoms with Gasteiger partial charge in [-0.2, -0.15) is 0 Å². The number of carbonyl (C=O) groups excluding carboxylic acids is 1. The Labute approximate surface area is 170 Å². The zero-order valence-corrected chi connectivity index (χ0v) is 16.4. The van der Waals surface area contributed by atoms with Crippen molar-refractivity contribution in [2.24, 2.45) is 0 Å². The molecule has 2 heterocycles. The highest BCUT2D eigenvalue weighted by Gasteiger charge is 2.40. The fourth-order valence-electron chi connectivity index (χ4n) is 3.69. The summed E-state index contributed by atoms with van der Waals surface area (Å²) in [6.45, 7) is 2.95. The SMILES string of the molecule is CC1(C(=O)NCc2cnccn2)CCCc2cnc(NCc3ccccc3)nc21. The van der Waals surface area contributed by atoms with Gasteiger partial charge in [0.15, 0.2) is 0 Å². The lowest BCUT2D eigenvalue weighted by Crippen LogP contribution is -2.45. The summed E-state index contributed by atoms with van der Waals surface area (Å²) in [5, 5.41) is 6.28. The summed E-state index contributed by atoms with van der Waals surface area (Å²) in [5.41, 5.74) is 3.04. The summed E-state index contributed by atoms with van der Waals surface area (Å²) < 4.78 is 0. The van der Waals surface area contributed by atoms with E-state index in [1.54, 1.807) is 18.6 Å². The Kier molecular flexibility index (Phi) is 5.46. The fourth-order valence-corrected chi connectivity index (χ4v) is 3.69. The number of aromatic nitrogens is 4. The van der Waals surface area contributed by atoms with Crippen molar-refractivity contribution in [1.82, 2.24) is 25.3 Å². The molecule has 1 aliphatic carbocycles. The molecule has 1 atom stereocenters. The zero-order valence-electron chi connectivity index (χ0n) is 16.4. The van der Waals surface area contributed by atoms with Gasteiger partial charge in [-0.1, -0.05) is 30.3 Å². The summed E-state index contributed by atoms with van der Waals surface area (Å²) in [5.74, 6) is 0.499. The van der Waals surface area contributed by atoms with Gasteiger partial charge in [0.25, 0.3) is 0 Å². The van der Waals surface area contributed by atoms with E-state index in [1.807, 2.05) is 31.3 Å². The van der Waals surface area contributed by atoms with Crippen molar-refractivity contribution in [3.05, 3.63) is 77.6 Å². The van der Waals surface area contributed by atoms with Crippen molar-refractivity contribution in [2.45, 2.75) is 44.7 Å². The maximum atomic E-state index is 13.1. The van der Waals surface area contributed by atoms with Crippen molar-refractivity contribution < 1.29 is 4.79 Å². The molecule has 0 radical (unpaired) electrons. The maximum Gasteiger partial charge on any atom is 0.232 e. The topological polar surface area (TPSA) is 92.7 Å². The molecule has 2 aromatic heterocycles. The number of fused-ring (bicyclic) bond motifs is 1. The Morgan fingerprint density at radius 3 is 2.76 bits per heavy atom. The molecule has 4 rings (SSSR count). The van der Waals surface area contributed by atoms with E-state index < -0.39 is 5.41 Å². The lowest BCUT2D eigenvalue weighted by molar-refractivity contribution is -0.127. The first-order valence-electron chi connectivity index (χ1n) is 9.82. The van der Waals surface area contributed by atoms with E-state index in [0.717, 1.165) is 41.8 Å². The molecule has 0 aliphatic heterocycles. The lowest BCUT2D eigenvalue weighted by atomic mass is 9.74. The van der Waals surface area contributed by atoms with Gasteiger partial charge in [-0.25, -0.2) is 9.97 Å². The van der Waals surface area contributed by atoms with Crippen LogP contribution in [0.3, 0.4) is 0 Å². The second kappa shape index (κ2) is 8.34. The average Bonchev–Trinajstić information content (AvgIpc) is 2.78. The highest BCUT2D eigenvalue weighted by molar-refractivity contribution is 5.88. The number of hydrogen-bond donors (Lipinski definition) is 2. The summed E-state index contributed by atoms with van der Waals surface area (Å²) in [7, 11) is 0. The molecular formula is C22H24N6O. The molecule has 0 saturated heterocycles. The second-order valence-electron chi connectivity index (χ2n) is 7.47. The third-order valence-corrected chi connectivity index (χ3v) is 5.35. The summed E-state index contributed by atoms with van der Waals surface area (Å²) in [6, 6.07) is 10.1. The Morgan fingerprint density at radius 1 is 1.10 bits per heavy atom. The van der Waals surface area contributed by atoms with Gasteiger partial charge < -0.3 is 10.6 Å². The monoisotopic (exact) mass is 388 g/mol. The van der Waals surface area contributed by atoms with Crippen LogP contribution in [0.15, 0.2) is 55.1 Å². The standard InChI is InChI=1S/C22H24N6O/c1-22(20(29)25-15-18-14-23-10-11-24-18)9-5-8-17-13-27-21(28-19(17)22)26-12-16-6-3-2-4-7-16/h2-4,6-7,10-11,13-14H,5,8-9,12,15H2,1H3,(H,25,29)(H,26,27,28). The van der Waals surface area contributed by atoms with Crippen LogP contribution in [-0.4, -0.2) is 25.8 Å². The lowest BCUT2D eigenvalue weighted by Gasteiger charge is -2.33. The first-order chi connectivity index (χ1) is 14.1. The van der Waals surface area contributed by atoms with Gasteiger partial charge in [-0.15, -0.1) is 0 Å². The van der Waals surface area contributed by atoms with Crippen molar-refractivity contribution >= 4 is 11.9 Å². The van der Waals surface area contributed by atoms with Gasteiger partial charge in [-0.05, 0) is 37.3 Å². The molecule has 7 nitrogen and oxygen atoms in total. The van der Waals surface area contributed by atoms with Gasteiger partial charge in [0.2, 0.25) is 11.9 Å². The van der Waals surface area contributed by atoms with Crippen molar-refractivity contribution in [3.8, 4) is 0 Å². The van der Waals surface area contributed by atoms with Crippen LogP contribution in [0.5, 0.6) is 0 Å². The first-order valence-corrected chi connectivity index (χ1v) is 9.82. The molecule has 2 N–H and O–H groups in total. The molecule has 148 valence electrons. The van der Waals surface area contributed by atoms with Gasteiger partial charge >= 0.3 is 0 Å². The number of hydrogen-bond acceptors (Lipinski definition) is 6. The summed E-state index contributed by atoms with van der Waals surface area (Å²) in [4.78, 5) is 30.6. The number of amides is 1. The first kappa shape index (κ1) is 19.0. The number of carbonyl (C=O) groups is 1. The zero-order chi connectivity index (χ0) is 20.1. The smallest absolute Gasteiger partial charge is 0.232 e. The number of anilines is 1. The Morgan fingerprint density at radius 2 is 1.97 bits per heavy atom. The van der Waals surface area contributed by atoms with Crippen LogP contribution in [0.1, 0.15) is 42.3 Å². The number of nitrogens with zero attached hydrogens (tertiary/aromatic N) is 4. The van der Waals surface area contributed by atoms with E-state index in [2.05, 4.69) is 37.7 Å². The summed E-state index contributed by atoms with van der Waals surface area (Å²) in [6.07, 6.45) is 9.32. The third kappa shape index (κ3) is 4.23. The van der Waals surface area contributed by atoms with E-state index in [1.165, 1.54) is 0 Å². The second-order valence-corrected chi connectivity index (χ2v) is 7.47. The van der Waals surface area contributed by atoms with E-state index in [0.29, 0.717) is 19.0 Å². The quantitative estimate of drug-likeness (QED) is 0.675. The van der Waals surface area contributed by atoms with Crippen molar-refractivity contribution in [1.29, 1.82) is 0 Å². The molecule has 1 aliphatic rings. The highest BCUT2D eigenvalue weighted by Crippen LogP contribution is 2.36. The molecule has 7 heteroatoms.